The van der Waals surface area contributed by atoms with Crippen molar-refractivity contribution < 1.29 is 12.6 Å². The molecule has 0 aliphatic carbocycles. The largest absolute Gasteiger partial charge is 0.396 e. The van der Waals surface area contributed by atoms with Crippen molar-refractivity contribution in [1.82, 2.24) is 0 Å². The summed E-state index contributed by atoms with van der Waals surface area (Å²) in [5.41, 5.74) is 2.45. The lowest BCUT2D eigenvalue weighted by Gasteiger charge is -2.45. The van der Waals surface area contributed by atoms with E-state index in [9.17, 15) is 4.21 Å². The maximum absolute atomic E-state index is 14.4. The van der Waals surface area contributed by atoms with Gasteiger partial charge in [-0.3, -0.25) is 0 Å². The van der Waals surface area contributed by atoms with Crippen LogP contribution in [0.25, 0.3) is 0 Å². The lowest BCUT2D eigenvalue weighted by atomic mass is 10.0. The highest BCUT2D eigenvalue weighted by Crippen LogP contribution is 2.38. The molecule has 0 atom stereocenters. The molecule has 0 spiro atoms. The van der Waals surface area contributed by atoms with Crippen LogP contribution in [0.5, 0.6) is 11.5 Å². The summed E-state index contributed by atoms with van der Waals surface area (Å²) in [4.78, 5) is 0. The van der Waals surface area contributed by atoms with E-state index in [1.54, 1.807) is 0 Å². The quantitative estimate of drug-likeness (QED) is 0.350. The fourth-order valence-electron chi connectivity index (χ4n) is 3.38. The smallest absolute Gasteiger partial charge is 0.160 e. The third-order valence-electron chi connectivity index (χ3n) is 5.03. The van der Waals surface area contributed by atoms with E-state index in [2.05, 4.69) is 27.7 Å². The van der Waals surface area contributed by atoms with Gasteiger partial charge >= 0.3 is 0 Å². The summed E-state index contributed by atoms with van der Waals surface area (Å²) >= 11 is 6.08. The van der Waals surface area contributed by atoms with Gasteiger partial charge in [-0.25, -0.2) is 4.21 Å². The van der Waals surface area contributed by atoms with Gasteiger partial charge in [0.15, 0.2) is 9.63 Å². The highest BCUT2D eigenvalue weighted by molar-refractivity contribution is 8.13. The molecule has 2 aromatic rings. The minimum Gasteiger partial charge on any atom is -0.396 e. The molecule has 2 rings (SSSR count). The Hall–Kier alpha value is -1.52. The first kappa shape index (κ1) is 24.7. The maximum atomic E-state index is 14.4. The molecule has 0 radical (unpaired) electrons. The van der Waals surface area contributed by atoms with Crippen molar-refractivity contribution in [2.24, 2.45) is 11.8 Å². The lowest BCUT2D eigenvalue weighted by molar-refractivity contribution is 0.394. The summed E-state index contributed by atoms with van der Waals surface area (Å²) in [5, 5.41) is -0.369. The molecule has 0 aliphatic rings. The fourth-order valence-corrected chi connectivity index (χ4v) is 6.58. The standard InChI is InChI=1S/C25H37ClO3S/c1-19(2)17-22-7-11-24(12-8-22)28-30(27,16-15-26,21(5)6)29-25-13-9-23(10-14-25)18-20(3)4/h7-14,19-21H,15-18H2,1-6H3. The Morgan fingerprint density at radius 2 is 1.10 bits per heavy atom. The zero-order chi connectivity index (χ0) is 22.4. The first-order valence-electron chi connectivity index (χ1n) is 10.8. The van der Waals surface area contributed by atoms with Crippen LogP contribution in [0.2, 0.25) is 0 Å². The van der Waals surface area contributed by atoms with Crippen molar-refractivity contribution in [3.05, 3.63) is 59.7 Å². The zero-order valence-electron chi connectivity index (χ0n) is 19.2. The van der Waals surface area contributed by atoms with Crippen LogP contribution in [0.4, 0.5) is 0 Å². The van der Waals surface area contributed by atoms with Gasteiger partial charge in [-0.05, 0) is 73.9 Å². The summed E-state index contributed by atoms with van der Waals surface area (Å²) in [7, 11) is -4.03. The molecule has 0 aromatic heterocycles. The number of rotatable bonds is 11. The molecular weight excluding hydrogens is 416 g/mol. The van der Waals surface area contributed by atoms with E-state index >= 15 is 0 Å². The van der Waals surface area contributed by atoms with Gasteiger partial charge < -0.3 is 8.37 Å². The summed E-state index contributed by atoms with van der Waals surface area (Å²) in [6, 6.07) is 15.6. The predicted molar refractivity (Wildman–Crippen MR) is 130 cm³/mol. The normalized spacial score (nSPS) is 13.5. The summed E-state index contributed by atoms with van der Waals surface area (Å²) < 4.78 is 26.8. The molecule has 5 heteroatoms. The second kappa shape index (κ2) is 10.2. The Kier molecular flexibility index (Phi) is 8.41. The van der Waals surface area contributed by atoms with Crippen LogP contribution in [0.15, 0.2) is 48.5 Å². The molecule has 0 heterocycles. The lowest BCUT2D eigenvalue weighted by Crippen LogP contribution is -2.55. The van der Waals surface area contributed by atoms with Gasteiger partial charge in [0.2, 0.25) is 0 Å². The molecule has 168 valence electrons. The Morgan fingerprint density at radius 1 is 0.733 bits per heavy atom. The molecule has 0 saturated carbocycles. The van der Waals surface area contributed by atoms with E-state index in [-0.39, 0.29) is 16.9 Å². The first-order valence-corrected chi connectivity index (χ1v) is 13.4. The van der Waals surface area contributed by atoms with E-state index in [0.29, 0.717) is 23.3 Å². The Bertz CT molecular complexity index is 795. The first-order chi connectivity index (χ1) is 14.0. The molecule has 0 bridgehead atoms. The number of benzene rings is 2. The van der Waals surface area contributed by atoms with E-state index in [1.165, 1.54) is 11.1 Å². The van der Waals surface area contributed by atoms with Crippen LogP contribution >= 0.6 is 11.6 Å². The summed E-state index contributed by atoms with van der Waals surface area (Å²) in [6.45, 7) is 12.5. The summed E-state index contributed by atoms with van der Waals surface area (Å²) in [6.07, 6.45) is 1.98. The van der Waals surface area contributed by atoms with Gasteiger partial charge in [-0.1, -0.05) is 52.0 Å². The Balaban J connectivity index is 2.33. The second-order valence-corrected chi connectivity index (χ2v) is 13.2. The second-order valence-electron chi connectivity index (χ2n) is 9.11. The average Bonchev–Trinajstić information content (AvgIpc) is 2.64. The maximum Gasteiger partial charge on any atom is 0.160 e. The van der Waals surface area contributed by atoms with Crippen LogP contribution in [0.3, 0.4) is 0 Å². The molecule has 0 unspecified atom stereocenters. The van der Waals surface area contributed by atoms with Gasteiger partial charge in [-0.2, -0.15) is 0 Å². The SMILES string of the molecule is CC(C)Cc1ccc(OS(=O)(CCCl)(Oc2ccc(CC(C)C)cc2)C(C)C)cc1. The van der Waals surface area contributed by atoms with Crippen LogP contribution in [-0.2, 0) is 22.5 Å². The molecule has 0 N–H and O–H groups in total. The molecule has 0 fully saturated rings. The minimum atomic E-state index is -4.03. The van der Waals surface area contributed by atoms with E-state index in [1.807, 2.05) is 62.4 Å². The Morgan fingerprint density at radius 3 is 1.37 bits per heavy atom. The van der Waals surface area contributed by atoms with Crippen LogP contribution in [0.1, 0.15) is 52.7 Å². The molecule has 30 heavy (non-hydrogen) atoms. The van der Waals surface area contributed by atoms with Crippen molar-refractivity contribution in [1.29, 1.82) is 0 Å². The number of hydrogen-bond donors (Lipinski definition) is 0. The highest BCUT2D eigenvalue weighted by atomic mass is 35.5. The molecule has 3 nitrogen and oxygen atoms in total. The van der Waals surface area contributed by atoms with Gasteiger partial charge in [0.05, 0.1) is 11.0 Å². The topological polar surface area (TPSA) is 35.5 Å². The fraction of sp³-hybridized carbons (Fsp3) is 0.520. The van der Waals surface area contributed by atoms with Crippen molar-refractivity contribution in [2.75, 3.05) is 11.6 Å². The van der Waals surface area contributed by atoms with E-state index in [4.69, 9.17) is 20.0 Å². The summed E-state index contributed by atoms with van der Waals surface area (Å²) in [5.74, 6) is 2.52. The highest BCUT2D eigenvalue weighted by Gasteiger charge is 2.44. The van der Waals surface area contributed by atoms with Crippen LogP contribution in [0, 0.1) is 11.8 Å². The van der Waals surface area contributed by atoms with Crippen molar-refractivity contribution in [3.8, 4) is 11.5 Å². The molecule has 0 saturated heterocycles. The van der Waals surface area contributed by atoms with Crippen LogP contribution in [-0.4, -0.2) is 21.1 Å². The van der Waals surface area contributed by atoms with Crippen molar-refractivity contribution in [2.45, 2.75) is 59.6 Å². The molecular formula is C25H37ClO3S. The van der Waals surface area contributed by atoms with Gasteiger partial charge in [0, 0.05) is 5.88 Å². The monoisotopic (exact) mass is 452 g/mol. The predicted octanol–water partition coefficient (Wildman–Crippen LogP) is 6.84. The number of halogens is 1. The average molecular weight is 453 g/mol. The van der Waals surface area contributed by atoms with Crippen LogP contribution < -0.4 is 8.37 Å². The van der Waals surface area contributed by atoms with E-state index < -0.39 is 9.63 Å². The van der Waals surface area contributed by atoms with Gasteiger partial charge in [0.25, 0.3) is 0 Å². The zero-order valence-corrected chi connectivity index (χ0v) is 20.8. The van der Waals surface area contributed by atoms with Crippen molar-refractivity contribution in [3.63, 3.8) is 0 Å². The number of hydrogen-bond acceptors (Lipinski definition) is 3. The number of alkyl halides is 1. The van der Waals surface area contributed by atoms with Gasteiger partial charge in [0.1, 0.15) is 11.5 Å². The third-order valence-corrected chi connectivity index (χ3v) is 9.29. The van der Waals surface area contributed by atoms with E-state index in [0.717, 1.165) is 12.8 Å². The molecule has 0 aliphatic heterocycles. The molecule has 2 aromatic carbocycles. The molecule has 0 amide bonds. The minimum absolute atomic E-state index is 0.123. The third kappa shape index (κ3) is 6.49. The Labute approximate surface area is 187 Å². The van der Waals surface area contributed by atoms with Gasteiger partial charge in [-0.15, -0.1) is 11.6 Å². The van der Waals surface area contributed by atoms with Crippen molar-refractivity contribution >= 4 is 21.2 Å².